The molecule has 0 spiro atoms. The molecule has 2 aromatic rings. The Hall–Kier alpha value is -1.61. The van der Waals surface area contributed by atoms with Crippen LogP contribution >= 0.6 is 0 Å². The summed E-state index contributed by atoms with van der Waals surface area (Å²) in [7, 11) is 1.96. The molecule has 1 atom stereocenters. The molecule has 0 saturated heterocycles. The predicted molar refractivity (Wildman–Crippen MR) is 66.2 cm³/mol. The van der Waals surface area contributed by atoms with Gasteiger partial charge < -0.3 is 5.32 Å². The highest BCUT2D eigenvalue weighted by atomic mass is 15.3. The maximum absolute atomic E-state index is 4.36. The van der Waals surface area contributed by atoms with Crippen LogP contribution in [0.4, 0.5) is 0 Å². The Bertz CT molecular complexity index is 433. The van der Waals surface area contributed by atoms with Crippen LogP contribution in [0.1, 0.15) is 6.92 Å². The summed E-state index contributed by atoms with van der Waals surface area (Å²) in [6.45, 7) is 3.03. The van der Waals surface area contributed by atoms with Crippen LogP contribution in [0.15, 0.2) is 42.7 Å². The number of hydrogen-bond donors (Lipinski definition) is 1. The number of nitrogens with one attached hydrogen (secondary N) is 1. The molecule has 0 fully saturated rings. The Balaban J connectivity index is 2.14. The minimum atomic E-state index is 0.434. The van der Waals surface area contributed by atoms with E-state index in [0.29, 0.717) is 6.04 Å². The van der Waals surface area contributed by atoms with E-state index in [9.17, 15) is 0 Å². The molecule has 1 N–H and O–H groups in total. The first kappa shape index (κ1) is 10.9. The fraction of sp³-hybridized carbons (Fsp3) is 0.308. The molecule has 0 aliphatic carbocycles. The van der Waals surface area contributed by atoms with E-state index in [1.54, 1.807) is 0 Å². The molecule has 16 heavy (non-hydrogen) atoms. The molecule has 1 aromatic carbocycles. The Morgan fingerprint density at radius 3 is 2.69 bits per heavy atom. The van der Waals surface area contributed by atoms with Gasteiger partial charge in [-0.3, -0.25) is 4.68 Å². The van der Waals surface area contributed by atoms with E-state index < -0.39 is 0 Å². The lowest BCUT2D eigenvalue weighted by atomic mass is 10.1. The SMILES string of the molecule is CNC(C)Cn1cc(-c2ccccc2)cn1. The van der Waals surface area contributed by atoms with E-state index >= 15 is 0 Å². The molecule has 0 bridgehead atoms. The van der Waals surface area contributed by atoms with Crippen molar-refractivity contribution in [2.24, 2.45) is 0 Å². The van der Waals surface area contributed by atoms with Crippen molar-refractivity contribution in [2.45, 2.75) is 19.5 Å². The minimum absolute atomic E-state index is 0.434. The molecular weight excluding hydrogens is 198 g/mol. The number of rotatable bonds is 4. The quantitative estimate of drug-likeness (QED) is 0.847. The molecular formula is C13H17N3. The van der Waals surface area contributed by atoms with E-state index in [4.69, 9.17) is 0 Å². The Kier molecular flexibility index (Phi) is 3.37. The summed E-state index contributed by atoms with van der Waals surface area (Å²) < 4.78 is 1.98. The summed E-state index contributed by atoms with van der Waals surface area (Å²) in [6.07, 6.45) is 4.00. The van der Waals surface area contributed by atoms with E-state index in [1.165, 1.54) is 11.1 Å². The third-order valence-electron chi connectivity index (χ3n) is 2.69. The van der Waals surface area contributed by atoms with Gasteiger partial charge in [-0.25, -0.2) is 0 Å². The van der Waals surface area contributed by atoms with Crippen LogP contribution in [0.25, 0.3) is 11.1 Å². The molecule has 0 aliphatic rings. The summed E-state index contributed by atoms with van der Waals surface area (Å²) in [6, 6.07) is 10.7. The zero-order valence-corrected chi connectivity index (χ0v) is 9.72. The lowest BCUT2D eigenvalue weighted by Crippen LogP contribution is -2.26. The van der Waals surface area contributed by atoms with Crippen molar-refractivity contribution in [2.75, 3.05) is 7.05 Å². The van der Waals surface area contributed by atoms with Crippen LogP contribution in [-0.4, -0.2) is 22.9 Å². The normalized spacial score (nSPS) is 12.6. The second-order valence-electron chi connectivity index (χ2n) is 4.01. The molecule has 1 heterocycles. The number of nitrogens with zero attached hydrogens (tertiary/aromatic N) is 2. The van der Waals surface area contributed by atoms with E-state index in [1.807, 2.05) is 36.1 Å². The second-order valence-corrected chi connectivity index (χ2v) is 4.01. The van der Waals surface area contributed by atoms with Crippen molar-refractivity contribution in [3.8, 4) is 11.1 Å². The second kappa shape index (κ2) is 4.94. The van der Waals surface area contributed by atoms with Gasteiger partial charge in [-0.2, -0.15) is 5.10 Å². The van der Waals surface area contributed by atoms with Crippen molar-refractivity contribution in [1.29, 1.82) is 0 Å². The molecule has 2 rings (SSSR count). The summed E-state index contributed by atoms with van der Waals surface area (Å²) in [5, 5.41) is 7.56. The minimum Gasteiger partial charge on any atom is -0.315 e. The van der Waals surface area contributed by atoms with Gasteiger partial charge in [0, 0.05) is 17.8 Å². The first-order chi connectivity index (χ1) is 7.79. The van der Waals surface area contributed by atoms with Crippen molar-refractivity contribution < 1.29 is 0 Å². The van der Waals surface area contributed by atoms with Gasteiger partial charge in [-0.05, 0) is 19.5 Å². The van der Waals surface area contributed by atoms with Gasteiger partial charge in [0.2, 0.25) is 0 Å². The van der Waals surface area contributed by atoms with Crippen molar-refractivity contribution in [3.63, 3.8) is 0 Å². The largest absolute Gasteiger partial charge is 0.315 e. The molecule has 84 valence electrons. The number of benzene rings is 1. The number of aromatic nitrogens is 2. The summed E-state index contributed by atoms with van der Waals surface area (Å²) >= 11 is 0. The van der Waals surface area contributed by atoms with Crippen molar-refractivity contribution in [1.82, 2.24) is 15.1 Å². The lowest BCUT2D eigenvalue weighted by molar-refractivity contribution is 0.481. The Morgan fingerprint density at radius 1 is 1.25 bits per heavy atom. The van der Waals surface area contributed by atoms with Gasteiger partial charge in [0.25, 0.3) is 0 Å². The highest BCUT2D eigenvalue weighted by Gasteiger charge is 2.03. The Labute approximate surface area is 96.1 Å². The van der Waals surface area contributed by atoms with Crippen LogP contribution in [0.2, 0.25) is 0 Å². The van der Waals surface area contributed by atoms with E-state index in [0.717, 1.165) is 6.54 Å². The summed E-state index contributed by atoms with van der Waals surface area (Å²) in [5.74, 6) is 0. The van der Waals surface area contributed by atoms with Crippen LogP contribution in [0.3, 0.4) is 0 Å². The highest BCUT2D eigenvalue weighted by Crippen LogP contribution is 2.17. The topological polar surface area (TPSA) is 29.9 Å². The monoisotopic (exact) mass is 215 g/mol. The van der Waals surface area contributed by atoms with Crippen LogP contribution in [0.5, 0.6) is 0 Å². The lowest BCUT2D eigenvalue weighted by Gasteiger charge is -2.09. The zero-order chi connectivity index (χ0) is 11.4. The van der Waals surface area contributed by atoms with Gasteiger partial charge in [0.15, 0.2) is 0 Å². The van der Waals surface area contributed by atoms with Crippen molar-refractivity contribution >= 4 is 0 Å². The third kappa shape index (κ3) is 2.49. The molecule has 3 nitrogen and oxygen atoms in total. The van der Waals surface area contributed by atoms with Gasteiger partial charge >= 0.3 is 0 Å². The van der Waals surface area contributed by atoms with Crippen molar-refractivity contribution in [3.05, 3.63) is 42.7 Å². The molecule has 3 heteroatoms. The predicted octanol–water partition coefficient (Wildman–Crippen LogP) is 2.16. The van der Waals surface area contributed by atoms with Gasteiger partial charge in [-0.15, -0.1) is 0 Å². The zero-order valence-electron chi connectivity index (χ0n) is 9.72. The average Bonchev–Trinajstić information content (AvgIpc) is 2.78. The van der Waals surface area contributed by atoms with Crippen LogP contribution < -0.4 is 5.32 Å². The van der Waals surface area contributed by atoms with Gasteiger partial charge in [-0.1, -0.05) is 30.3 Å². The highest BCUT2D eigenvalue weighted by molar-refractivity contribution is 5.61. The molecule has 0 amide bonds. The molecule has 0 aliphatic heterocycles. The van der Waals surface area contributed by atoms with E-state index in [-0.39, 0.29) is 0 Å². The van der Waals surface area contributed by atoms with Crippen LogP contribution in [-0.2, 0) is 6.54 Å². The number of hydrogen-bond acceptors (Lipinski definition) is 2. The molecule has 1 aromatic heterocycles. The standard InChI is InChI=1S/C13H17N3/c1-11(14-2)9-16-10-13(8-15-16)12-6-4-3-5-7-12/h3-8,10-11,14H,9H2,1-2H3. The van der Waals surface area contributed by atoms with Gasteiger partial charge in [0.05, 0.1) is 12.7 Å². The third-order valence-corrected chi connectivity index (χ3v) is 2.69. The maximum atomic E-state index is 4.36. The average molecular weight is 215 g/mol. The van der Waals surface area contributed by atoms with Crippen LogP contribution in [0, 0.1) is 0 Å². The fourth-order valence-corrected chi connectivity index (χ4v) is 1.61. The molecule has 0 radical (unpaired) electrons. The molecule has 0 saturated carbocycles. The maximum Gasteiger partial charge on any atom is 0.0568 e. The summed E-state index contributed by atoms with van der Waals surface area (Å²) in [5.41, 5.74) is 2.38. The number of likely N-dealkylation sites (N-methyl/N-ethyl adjacent to an activating group) is 1. The van der Waals surface area contributed by atoms with E-state index in [2.05, 4.69) is 35.7 Å². The van der Waals surface area contributed by atoms with Gasteiger partial charge in [0.1, 0.15) is 0 Å². The first-order valence-corrected chi connectivity index (χ1v) is 5.54. The smallest absolute Gasteiger partial charge is 0.0568 e. The molecule has 1 unspecified atom stereocenters. The first-order valence-electron chi connectivity index (χ1n) is 5.54. The Morgan fingerprint density at radius 2 is 2.00 bits per heavy atom. The summed E-state index contributed by atoms with van der Waals surface area (Å²) in [4.78, 5) is 0. The fourth-order valence-electron chi connectivity index (χ4n) is 1.61.